The van der Waals surface area contributed by atoms with Crippen molar-refractivity contribution in [3.8, 4) is 0 Å². The topological polar surface area (TPSA) is 30.5 Å². The predicted molar refractivity (Wildman–Crippen MR) is 66.8 cm³/mol. The third-order valence-corrected chi connectivity index (χ3v) is 3.04. The first-order chi connectivity index (χ1) is 7.74. The Balaban J connectivity index is 2.16. The number of likely N-dealkylation sites (N-methyl/N-ethyl adjacent to an activating group) is 1. The fourth-order valence-corrected chi connectivity index (χ4v) is 2.28. The van der Waals surface area contributed by atoms with Crippen molar-refractivity contribution in [3.05, 3.63) is 0 Å². The van der Waals surface area contributed by atoms with E-state index in [2.05, 4.69) is 26.1 Å². The van der Waals surface area contributed by atoms with E-state index in [0.29, 0.717) is 24.9 Å². The Morgan fingerprint density at radius 2 is 1.94 bits per heavy atom. The van der Waals surface area contributed by atoms with Crippen LogP contribution in [0.3, 0.4) is 0 Å². The van der Waals surface area contributed by atoms with Gasteiger partial charge in [-0.25, -0.2) is 0 Å². The highest BCUT2D eigenvalue weighted by molar-refractivity contribution is 4.81. The normalized spacial score (nSPS) is 26.2. The molecule has 0 amide bonds. The van der Waals surface area contributed by atoms with E-state index in [9.17, 15) is 0 Å². The van der Waals surface area contributed by atoms with Crippen LogP contribution in [0.4, 0.5) is 0 Å². The highest BCUT2D eigenvalue weighted by Gasteiger charge is 2.24. The largest absolute Gasteiger partial charge is 0.376 e. The molecular formula is C13H27NO2. The Bertz CT molecular complexity index is 171. The van der Waals surface area contributed by atoms with Crippen LogP contribution in [-0.4, -0.2) is 38.0 Å². The average Bonchev–Trinajstić information content (AvgIpc) is 2.26. The summed E-state index contributed by atoms with van der Waals surface area (Å²) in [5.74, 6) is 0. The minimum Gasteiger partial charge on any atom is -0.376 e. The molecule has 0 saturated heterocycles. The maximum absolute atomic E-state index is 5.91. The van der Waals surface area contributed by atoms with E-state index in [0.717, 1.165) is 13.2 Å². The summed E-state index contributed by atoms with van der Waals surface area (Å²) < 4.78 is 11.4. The minimum absolute atomic E-state index is 0.305. The van der Waals surface area contributed by atoms with Crippen LogP contribution < -0.4 is 5.32 Å². The summed E-state index contributed by atoms with van der Waals surface area (Å²) >= 11 is 0. The molecule has 16 heavy (non-hydrogen) atoms. The van der Waals surface area contributed by atoms with E-state index < -0.39 is 0 Å². The van der Waals surface area contributed by atoms with Gasteiger partial charge < -0.3 is 14.8 Å². The fraction of sp³-hybridized carbons (Fsp3) is 1.00. The van der Waals surface area contributed by atoms with Crippen molar-refractivity contribution in [2.45, 2.75) is 64.7 Å². The molecule has 1 rings (SSSR count). The van der Waals surface area contributed by atoms with Gasteiger partial charge in [-0.3, -0.25) is 0 Å². The van der Waals surface area contributed by atoms with Crippen molar-refractivity contribution in [1.82, 2.24) is 5.32 Å². The minimum atomic E-state index is 0.305. The number of nitrogens with one attached hydrogen (secondary N) is 1. The molecule has 0 bridgehead atoms. The predicted octanol–water partition coefficient (Wildman–Crippen LogP) is 2.35. The SMILES string of the molecule is CCNC1CCCCC1OCCOC(C)C. The Morgan fingerprint density at radius 1 is 1.19 bits per heavy atom. The third-order valence-electron chi connectivity index (χ3n) is 3.04. The highest BCUT2D eigenvalue weighted by Crippen LogP contribution is 2.21. The summed E-state index contributed by atoms with van der Waals surface area (Å²) in [6, 6.07) is 0.554. The molecule has 0 aromatic heterocycles. The average molecular weight is 229 g/mol. The second-order valence-electron chi connectivity index (χ2n) is 4.78. The molecule has 1 aliphatic carbocycles. The lowest BCUT2D eigenvalue weighted by Gasteiger charge is -2.32. The lowest BCUT2D eigenvalue weighted by Crippen LogP contribution is -2.43. The Morgan fingerprint density at radius 3 is 2.62 bits per heavy atom. The van der Waals surface area contributed by atoms with Crippen LogP contribution in [-0.2, 0) is 9.47 Å². The van der Waals surface area contributed by atoms with Gasteiger partial charge in [0.2, 0.25) is 0 Å². The molecule has 3 heteroatoms. The Kier molecular flexibility index (Phi) is 7.01. The second kappa shape index (κ2) is 8.04. The lowest BCUT2D eigenvalue weighted by atomic mass is 9.92. The van der Waals surface area contributed by atoms with E-state index in [-0.39, 0.29) is 0 Å². The number of rotatable bonds is 7. The van der Waals surface area contributed by atoms with Crippen LogP contribution >= 0.6 is 0 Å². The molecule has 3 nitrogen and oxygen atoms in total. The number of hydrogen-bond donors (Lipinski definition) is 1. The van der Waals surface area contributed by atoms with Crippen molar-refractivity contribution in [2.75, 3.05) is 19.8 Å². The molecule has 1 fully saturated rings. The van der Waals surface area contributed by atoms with E-state index in [1.807, 2.05) is 0 Å². The van der Waals surface area contributed by atoms with E-state index >= 15 is 0 Å². The van der Waals surface area contributed by atoms with Gasteiger partial charge in [0, 0.05) is 6.04 Å². The van der Waals surface area contributed by atoms with Crippen LogP contribution in [0, 0.1) is 0 Å². The van der Waals surface area contributed by atoms with Gasteiger partial charge in [0.1, 0.15) is 0 Å². The smallest absolute Gasteiger partial charge is 0.0729 e. The third kappa shape index (κ3) is 5.28. The van der Waals surface area contributed by atoms with Crippen molar-refractivity contribution >= 4 is 0 Å². The Labute approximate surface area is 99.9 Å². The molecule has 0 aromatic carbocycles. The van der Waals surface area contributed by atoms with E-state index in [1.165, 1.54) is 25.7 Å². The number of hydrogen-bond acceptors (Lipinski definition) is 3. The van der Waals surface area contributed by atoms with Crippen molar-refractivity contribution in [3.63, 3.8) is 0 Å². The van der Waals surface area contributed by atoms with Crippen molar-refractivity contribution in [1.29, 1.82) is 0 Å². The van der Waals surface area contributed by atoms with Gasteiger partial charge in [0.05, 0.1) is 25.4 Å². The van der Waals surface area contributed by atoms with Gasteiger partial charge in [-0.1, -0.05) is 19.8 Å². The molecule has 0 radical (unpaired) electrons. The standard InChI is InChI=1S/C13H27NO2/c1-4-14-12-7-5-6-8-13(12)16-10-9-15-11(2)3/h11-14H,4-10H2,1-3H3. The molecule has 0 aromatic rings. The van der Waals surface area contributed by atoms with Gasteiger partial charge in [-0.05, 0) is 33.2 Å². The quantitative estimate of drug-likeness (QED) is 0.680. The first-order valence-corrected chi connectivity index (χ1v) is 6.70. The van der Waals surface area contributed by atoms with Crippen LogP contribution in [0.15, 0.2) is 0 Å². The van der Waals surface area contributed by atoms with Crippen LogP contribution in [0.1, 0.15) is 46.5 Å². The molecule has 1 saturated carbocycles. The van der Waals surface area contributed by atoms with Crippen molar-refractivity contribution in [2.24, 2.45) is 0 Å². The maximum atomic E-state index is 5.91. The summed E-state index contributed by atoms with van der Waals surface area (Å²) in [5.41, 5.74) is 0. The first kappa shape index (κ1) is 13.9. The molecule has 2 atom stereocenters. The summed E-state index contributed by atoms with van der Waals surface area (Å²) in [4.78, 5) is 0. The molecule has 0 aliphatic heterocycles. The van der Waals surface area contributed by atoms with Crippen LogP contribution in [0.5, 0.6) is 0 Å². The molecule has 2 unspecified atom stereocenters. The molecular weight excluding hydrogens is 202 g/mol. The monoisotopic (exact) mass is 229 g/mol. The van der Waals surface area contributed by atoms with E-state index in [4.69, 9.17) is 9.47 Å². The summed E-state index contributed by atoms with van der Waals surface area (Å²) in [6.45, 7) is 8.75. The highest BCUT2D eigenvalue weighted by atomic mass is 16.5. The van der Waals surface area contributed by atoms with Crippen molar-refractivity contribution < 1.29 is 9.47 Å². The molecule has 96 valence electrons. The number of ether oxygens (including phenoxy) is 2. The van der Waals surface area contributed by atoms with Gasteiger partial charge in [-0.2, -0.15) is 0 Å². The zero-order valence-corrected chi connectivity index (χ0v) is 11.0. The molecule has 1 N–H and O–H groups in total. The Hall–Kier alpha value is -0.120. The van der Waals surface area contributed by atoms with Gasteiger partial charge in [-0.15, -0.1) is 0 Å². The van der Waals surface area contributed by atoms with Crippen LogP contribution in [0.25, 0.3) is 0 Å². The summed E-state index contributed by atoms with van der Waals surface area (Å²) in [6.07, 6.45) is 5.78. The molecule has 1 aliphatic rings. The summed E-state index contributed by atoms with van der Waals surface area (Å²) in [5, 5.41) is 3.52. The van der Waals surface area contributed by atoms with E-state index in [1.54, 1.807) is 0 Å². The second-order valence-corrected chi connectivity index (χ2v) is 4.78. The molecule has 0 heterocycles. The fourth-order valence-electron chi connectivity index (χ4n) is 2.28. The zero-order chi connectivity index (χ0) is 11.8. The molecule has 0 spiro atoms. The van der Waals surface area contributed by atoms with Gasteiger partial charge in [0.15, 0.2) is 0 Å². The summed E-state index contributed by atoms with van der Waals surface area (Å²) in [7, 11) is 0. The maximum Gasteiger partial charge on any atom is 0.0729 e. The van der Waals surface area contributed by atoms with Gasteiger partial charge in [0.25, 0.3) is 0 Å². The van der Waals surface area contributed by atoms with Gasteiger partial charge >= 0.3 is 0 Å². The van der Waals surface area contributed by atoms with Crippen LogP contribution in [0.2, 0.25) is 0 Å². The first-order valence-electron chi connectivity index (χ1n) is 6.70. The lowest BCUT2D eigenvalue weighted by molar-refractivity contribution is -0.0363. The zero-order valence-electron chi connectivity index (χ0n) is 11.0.